The Bertz CT molecular complexity index is 123. The zero-order valence-electron chi connectivity index (χ0n) is 6.38. The van der Waals surface area contributed by atoms with E-state index in [9.17, 15) is 4.79 Å². The molecule has 3 nitrogen and oxygen atoms in total. The van der Waals surface area contributed by atoms with Gasteiger partial charge in [-0.2, -0.15) is 0 Å². The van der Waals surface area contributed by atoms with E-state index in [1.807, 2.05) is 22.6 Å². The van der Waals surface area contributed by atoms with Crippen molar-refractivity contribution in [2.75, 3.05) is 4.61 Å². The van der Waals surface area contributed by atoms with Gasteiger partial charge in [0.15, 0.2) is 0 Å². The summed E-state index contributed by atoms with van der Waals surface area (Å²) in [4.78, 5) is 10.9. The van der Waals surface area contributed by atoms with Gasteiger partial charge in [0.05, 0.1) is 0 Å². The van der Waals surface area contributed by atoms with E-state index in [-0.39, 0.29) is 5.97 Å². The van der Waals surface area contributed by atoms with Crippen molar-refractivity contribution in [3.8, 4) is 0 Å². The second-order valence-electron chi connectivity index (χ2n) is 1.96. The molecule has 0 rings (SSSR count). The van der Waals surface area contributed by atoms with Crippen molar-refractivity contribution < 1.29 is 9.53 Å². The Hall–Kier alpha value is 0.679. The Labute approximate surface area is 86.7 Å². The molecule has 0 aromatic carbocycles. The maximum atomic E-state index is 10.9. The average molecular weight is 336 g/mol. The number of halogens is 1. The molecule has 0 aromatic heterocycles. The summed E-state index contributed by atoms with van der Waals surface area (Å²) < 4.78 is 5.12. The first kappa shape index (κ1) is 11.7. The predicted octanol–water partition coefficient (Wildman–Crippen LogP) is 0.810. The molecule has 0 aliphatic rings. The topological polar surface area (TPSA) is 52.3 Å². The molecule has 5 heteroatoms. The van der Waals surface area contributed by atoms with Gasteiger partial charge in [0, 0.05) is 0 Å². The van der Waals surface area contributed by atoms with Crippen molar-refractivity contribution in [3.63, 3.8) is 0 Å². The van der Waals surface area contributed by atoms with Crippen LogP contribution in [0.3, 0.4) is 0 Å². The Morgan fingerprint density at radius 3 is 2.91 bits per heavy atom. The maximum absolute atomic E-state index is 10.9. The van der Waals surface area contributed by atoms with Crippen LogP contribution in [0.15, 0.2) is 0 Å². The second kappa shape index (κ2) is 7.34. The summed E-state index contributed by atoms with van der Waals surface area (Å²) in [7, 11) is 0. The van der Waals surface area contributed by atoms with Crippen molar-refractivity contribution in [3.05, 3.63) is 0 Å². The van der Waals surface area contributed by atoms with E-state index < -0.39 is 6.04 Å². The van der Waals surface area contributed by atoms with Crippen LogP contribution in [0.4, 0.5) is 0 Å². The molecule has 0 aromatic rings. The van der Waals surface area contributed by atoms with Gasteiger partial charge in [-0.3, -0.25) is 0 Å². The van der Waals surface area contributed by atoms with Crippen molar-refractivity contribution >= 4 is 43.5 Å². The summed E-state index contributed by atoms with van der Waals surface area (Å²) in [6.45, 7) is 0. The monoisotopic (exact) mass is 337 g/mol. The van der Waals surface area contributed by atoms with E-state index in [0.29, 0.717) is 19.6 Å². The summed E-state index contributed by atoms with van der Waals surface area (Å²) in [6, 6.07) is -0.411. The molecule has 0 unspecified atom stereocenters. The van der Waals surface area contributed by atoms with E-state index in [1.54, 1.807) is 0 Å². The van der Waals surface area contributed by atoms with Gasteiger partial charge in [0.25, 0.3) is 0 Å². The molecule has 1 atom stereocenters. The molecule has 66 valence electrons. The first-order valence-electron chi connectivity index (χ1n) is 3.19. The third-order valence-corrected chi connectivity index (χ3v) is 2.80. The molecule has 0 bridgehead atoms. The van der Waals surface area contributed by atoms with Gasteiger partial charge in [-0.25, -0.2) is 0 Å². The molecule has 0 saturated heterocycles. The number of ether oxygens (including phenoxy) is 1. The van der Waals surface area contributed by atoms with Gasteiger partial charge in [-0.1, -0.05) is 0 Å². The fourth-order valence-corrected chi connectivity index (χ4v) is 1.86. The molecule has 0 amide bonds. The zero-order valence-corrected chi connectivity index (χ0v) is 10.2. The van der Waals surface area contributed by atoms with Crippen LogP contribution in [0, 0.1) is 0 Å². The molecule has 0 fully saturated rings. The van der Waals surface area contributed by atoms with Crippen molar-refractivity contribution in [2.24, 2.45) is 5.73 Å². The van der Waals surface area contributed by atoms with Gasteiger partial charge in [0.1, 0.15) is 0 Å². The SMILES string of the molecule is C[Se]CC[C@H](N)C(=O)OCI. The zero-order chi connectivity index (χ0) is 8.69. The van der Waals surface area contributed by atoms with E-state index in [1.165, 1.54) is 0 Å². The summed E-state index contributed by atoms with van der Waals surface area (Å²) >= 11 is 2.58. The fraction of sp³-hybridized carbons (Fsp3) is 0.833. The van der Waals surface area contributed by atoms with Gasteiger partial charge in [-0.15, -0.1) is 0 Å². The number of carbonyl (C=O) groups is 1. The average Bonchev–Trinajstić information content (AvgIpc) is 2.00. The van der Waals surface area contributed by atoms with Gasteiger partial charge < -0.3 is 0 Å². The number of carbonyl (C=O) groups excluding carboxylic acids is 1. The first-order chi connectivity index (χ1) is 5.22. The standard InChI is InChI=1S/C6H12INO2Se/c1-11-3-2-5(8)6(9)10-4-7/h5H,2-4,8H2,1H3/t5-/m0/s1. The van der Waals surface area contributed by atoms with Crippen LogP contribution in [0.1, 0.15) is 6.42 Å². The molecule has 0 saturated carbocycles. The van der Waals surface area contributed by atoms with Crippen LogP contribution in [0.2, 0.25) is 11.1 Å². The van der Waals surface area contributed by atoms with Crippen LogP contribution in [0.5, 0.6) is 0 Å². The molecule has 2 N–H and O–H groups in total. The quantitative estimate of drug-likeness (QED) is 0.350. The van der Waals surface area contributed by atoms with Gasteiger partial charge in [-0.05, 0) is 0 Å². The number of rotatable bonds is 5. The third-order valence-electron chi connectivity index (χ3n) is 1.13. The van der Waals surface area contributed by atoms with Gasteiger partial charge in [0.2, 0.25) is 0 Å². The van der Waals surface area contributed by atoms with Gasteiger partial charge >= 0.3 is 87.0 Å². The van der Waals surface area contributed by atoms with E-state index in [2.05, 4.69) is 5.82 Å². The van der Waals surface area contributed by atoms with Crippen LogP contribution < -0.4 is 5.73 Å². The molecule has 0 heterocycles. The number of nitrogens with two attached hydrogens (primary N) is 1. The molecule has 0 aliphatic heterocycles. The van der Waals surface area contributed by atoms with Crippen molar-refractivity contribution in [1.29, 1.82) is 0 Å². The predicted molar refractivity (Wildman–Crippen MR) is 54.0 cm³/mol. The minimum absolute atomic E-state index is 0.274. The van der Waals surface area contributed by atoms with Crippen molar-refractivity contribution in [2.45, 2.75) is 23.6 Å². The third kappa shape index (κ3) is 5.90. The van der Waals surface area contributed by atoms with E-state index >= 15 is 0 Å². The molecular weight excluding hydrogens is 324 g/mol. The van der Waals surface area contributed by atoms with Crippen LogP contribution in [0.25, 0.3) is 0 Å². The number of hydrogen-bond acceptors (Lipinski definition) is 3. The summed E-state index contributed by atoms with van der Waals surface area (Å²) in [5.74, 6) is 1.85. The van der Waals surface area contributed by atoms with Crippen LogP contribution >= 0.6 is 22.6 Å². The Kier molecular flexibility index (Phi) is 7.79. The minimum atomic E-state index is -0.411. The Morgan fingerprint density at radius 1 is 1.82 bits per heavy atom. The number of esters is 1. The van der Waals surface area contributed by atoms with Crippen molar-refractivity contribution in [1.82, 2.24) is 0 Å². The summed E-state index contributed by atoms with van der Waals surface area (Å²) in [6.07, 6.45) is 0.756. The Morgan fingerprint density at radius 2 is 2.45 bits per heavy atom. The Balaban J connectivity index is 3.46. The number of alkyl halides is 1. The molecule has 0 aliphatic carbocycles. The van der Waals surface area contributed by atoms with Crippen LogP contribution in [-0.2, 0) is 9.53 Å². The molecule has 0 radical (unpaired) electrons. The number of hydrogen-bond donors (Lipinski definition) is 1. The summed E-state index contributed by atoms with van der Waals surface area (Å²) in [5.41, 5.74) is 5.52. The van der Waals surface area contributed by atoms with Crippen LogP contribution in [-0.4, -0.2) is 31.6 Å². The summed E-state index contributed by atoms with van der Waals surface area (Å²) in [5, 5.41) is 1.05. The fourth-order valence-electron chi connectivity index (χ4n) is 0.523. The van der Waals surface area contributed by atoms with E-state index in [4.69, 9.17) is 10.5 Å². The molecule has 0 spiro atoms. The second-order valence-corrected chi connectivity index (χ2v) is 4.65. The molecular formula is C6H12INO2Se. The normalized spacial score (nSPS) is 12.6. The molecule has 11 heavy (non-hydrogen) atoms. The van der Waals surface area contributed by atoms with E-state index in [0.717, 1.165) is 11.7 Å². The first-order valence-corrected chi connectivity index (χ1v) is 7.64.